The summed E-state index contributed by atoms with van der Waals surface area (Å²) in [6.45, 7) is 41.4. The Hall–Kier alpha value is -13.5. The number of hydrogen-bond acceptors (Lipinski definition) is 10. The number of fused-ring (bicyclic) bond motifs is 7. The van der Waals surface area contributed by atoms with E-state index in [-0.39, 0.29) is 96.2 Å². The maximum atomic E-state index is 11.2. The second-order valence-corrected chi connectivity index (χ2v) is 38.0. The van der Waals surface area contributed by atoms with E-state index >= 15 is 0 Å². The number of aromatic nitrogens is 7. The summed E-state index contributed by atoms with van der Waals surface area (Å²) in [5.41, 5.74) is 32.8. The van der Waals surface area contributed by atoms with Crippen LogP contribution in [-0.4, -0.2) is 56.2 Å². The second-order valence-electron chi connectivity index (χ2n) is 38.0. The minimum atomic E-state index is 0. The number of para-hydroxylation sites is 4. The molecule has 0 saturated carbocycles. The summed E-state index contributed by atoms with van der Waals surface area (Å²) in [6.07, 6.45) is 11.4. The van der Waals surface area contributed by atoms with E-state index in [1.54, 1.807) is 6.20 Å². The molecule has 0 spiro atoms. The number of carbonyl (C=O) groups excluding carboxylic acids is 1. The van der Waals surface area contributed by atoms with E-state index in [2.05, 4.69) is 353 Å². The number of nitrogens with zero attached hydrogens (tertiary/aromatic N) is 8. The number of aryl methyl sites for hydroxylation is 7. The Labute approximate surface area is 887 Å². The molecule has 0 amide bonds. The van der Waals surface area contributed by atoms with Crippen molar-refractivity contribution in [2.75, 3.05) is 0 Å². The Balaban J connectivity index is 0.000000193. The zero-order valence-electron chi connectivity index (χ0n) is 84.7. The number of furan rings is 1. The molecule has 19 rings (SSSR count). The average molecular weight is 2420 g/mol. The largest absolute Gasteiger partial charge is 3.00 e. The van der Waals surface area contributed by atoms with E-state index in [4.69, 9.17) is 29.9 Å². The second kappa shape index (κ2) is 53.0. The number of allylic oxidation sites excluding steroid dienone is 4. The summed E-state index contributed by atoms with van der Waals surface area (Å²) in [5.74, 6) is 2.70. The van der Waals surface area contributed by atoms with Gasteiger partial charge in [0.05, 0.1) is 45.3 Å². The van der Waals surface area contributed by atoms with Gasteiger partial charge in [-0.25, -0.2) is 0 Å². The van der Waals surface area contributed by atoms with E-state index in [9.17, 15) is 9.90 Å². The van der Waals surface area contributed by atoms with Gasteiger partial charge in [0.25, 0.3) is 0 Å². The van der Waals surface area contributed by atoms with Crippen LogP contribution in [0.4, 0.5) is 0 Å². The molecule has 2 radical (unpaired) electrons. The van der Waals surface area contributed by atoms with Crippen molar-refractivity contribution in [3.8, 4) is 95.7 Å². The van der Waals surface area contributed by atoms with Crippen molar-refractivity contribution in [2.24, 2.45) is 11.8 Å². The molecule has 0 aliphatic carbocycles. The van der Waals surface area contributed by atoms with Crippen LogP contribution >= 0.6 is 0 Å². The molecule has 143 heavy (non-hydrogen) atoms. The van der Waals surface area contributed by atoms with Crippen LogP contribution in [0, 0.1) is 90.6 Å². The van der Waals surface area contributed by atoms with Gasteiger partial charge in [-0.1, -0.05) is 315 Å². The molecule has 15 heteroatoms. The predicted molar refractivity (Wildman–Crippen MR) is 588 cm³/mol. The van der Waals surface area contributed by atoms with E-state index in [1.807, 2.05) is 131 Å². The van der Waals surface area contributed by atoms with Crippen molar-refractivity contribution in [3.63, 3.8) is 0 Å². The van der Waals surface area contributed by atoms with Crippen LogP contribution < -0.4 is 0 Å². The molecule has 19 aromatic rings. The third kappa shape index (κ3) is 30.3. The number of imidazole rings is 1. The minimum absolute atomic E-state index is 0. The van der Waals surface area contributed by atoms with Crippen LogP contribution in [0.15, 0.2) is 344 Å². The summed E-state index contributed by atoms with van der Waals surface area (Å²) in [4.78, 5) is 39.9. The Bertz CT molecular complexity index is 7410. The fourth-order valence-electron chi connectivity index (χ4n) is 17.0. The summed E-state index contributed by atoms with van der Waals surface area (Å²) >= 11 is 0. The number of aliphatic hydroxyl groups excluding tert-OH is 2. The molecule has 0 aliphatic rings. The Morgan fingerprint density at radius 1 is 0.455 bits per heavy atom. The zero-order chi connectivity index (χ0) is 99.1. The number of benzene rings is 13. The third-order valence-electron chi connectivity index (χ3n) is 23.4. The van der Waals surface area contributed by atoms with Gasteiger partial charge in [-0.05, 0) is 172 Å². The molecule has 0 bridgehead atoms. The topological polar surface area (TPSA) is 175 Å². The molecule has 0 aliphatic heterocycles. The quantitative estimate of drug-likeness (QED) is 0.0293. The number of hydrogen-bond donors (Lipinski definition) is 2. The van der Waals surface area contributed by atoms with Gasteiger partial charge in [-0.15, -0.1) is 160 Å². The molecular formula is C128H128Ir3N8O4-3. The maximum Gasteiger partial charge on any atom is 3.00 e. The zero-order valence-corrected chi connectivity index (χ0v) is 91.9. The molecule has 0 atom stereocenters. The summed E-state index contributed by atoms with van der Waals surface area (Å²) in [7, 11) is 0. The van der Waals surface area contributed by atoms with Crippen LogP contribution in [0.3, 0.4) is 0 Å². The van der Waals surface area contributed by atoms with Crippen molar-refractivity contribution in [1.82, 2.24) is 34.5 Å². The van der Waals surface area contributed by atoms with Crippen molar-refractivity contribution in [1.29, 1.82) is 0 Å². The van der Waals surface area contributed by atoms with Gasteiger partial charge in [-0.2, -0.15) is 5.71 Å². The van der Waals surface area contributed by atoms with Gasteiger partial charge in [0.2, 0.25) is 0 Å². The molecular weight excluding hydrogens is 2290 g/mol. The average Bonchev–Trinajstić information content (AvgIpc) is 1.58. The third-order valence-corrected chi connectivity index (χ3v) is 23.4. The smallest absolute Gasteiger partial charge is 0.808 e. The van der Waals surface area contributed by atoms with Crippen LogP contribution in [0.25, 0.3) is 156 Å². The van der Waals surface area contributed by atoms with Gasteiger partial charge in [-0.3, -0.25) is 14.8 Å². The first-order chi connectivity index (χ1) is 66.7. The molecule has 734 valence electrons. The van der Waals surface area contributed by atoms with E-state index in [1.165, 1.54) is 114 Å². The Kier molecular flexibility index (Phi) is 42.0. The Morgan fingerprint density at radius 3 is 1.67 bits per heavy atom. The van der Waals surface area contributed by atoms with Crippen molar-refractivity contribution in [3.05, 3.63) is 431 Å². The van der Waals surface area contributed by atoms with Crippen molar-refractivity contribution in [2.45, 2.75) is 176 Å². The SMILES string of the molecule is C.CC(=[N-])C=C(C)O.CC(C)(C)c1ccc(-c2[c-]ccc(-c3ccccc3)c2)nc1.CC(C)CC(=O)C=C(O)CC(C)C.CC(C)c1cccc(C(C)C)c1-n1c(-c2[c-]ccc3c2oc2ccccc23)nc2ccccc21.Cc1[c-]c(-c2ncc(-c3c(C)cccc3C)nc2-c2cc(C)cc(C)c2)cc(C)c1.Cc1cc[c-]c(-c2cc3c(ccc4ccccc43)cn2)c1.[Ir+3].[Ir].[Ir].[c-]1ccccc1-c1ccccn1. The number of carbonyl (C=O) groups is 1. The van der Waals surface area contributed by atoms with Crippen LogP contribution in [-0.2, 0) is 70.5 Å². The van der Waals surface area contributed by atoms with Gasteiger partial charge < -0.3 is 44.5 Å². The minimum Gasteiger partial charge on any atom is -0.808 e. The van der Waals surface area contributed by atoms with Gasteiger partial charge in [0.15, 0.2) is 5.78 Å². The molecule has 13 aromatic carbocycles. The van der Waals surface area contributed by atoms with E-state index < -0.39 is 0 Å². The normalized spacial score (nSPS) is 11.1. The fraction of sp³-hybridized carbons (Fsp3) is 0.219. The van der Waals surface area contributed by atoms with Crippen molar-refractivity contribution >= 4 is 66.0 Å². The van der Waals surface area contributed by atoms with Crippen LogP contribution in [0.1, 0.15) is 178 Å². The maximum absolute atomic E-state index is 11.2. The molecule has 12 nitrogen and oxygen atoms in total. The molecule has 6 aromatic heterocycles. The molecule has 0 unspecified atom stereocenters. The fourth-order valence-corrected chi connectivity index (χ4v) is 17.0. The Morgan fingerprint density at radius 2 is 1.05 bits per heavy atom. The molecule has 2 N–H and O–H groups in total. The molecule has 0 fully saturated rings. The van der Waals surface area contributed by atoms with Crippen LogP contribution in [0.2, 0.25) is 0 Å². The van der Waals surface area contributed by atoms with Crippen molar-refractivity contribution < 1.29 is 79.7 Å². The van der Waals surface area contributed by atoms with Crippen LogP contribution in [0.5, 0.6) is 0 Å². The predicted octanol–water partition coefficient (Wildman–Crippen LogP) is 34.2. The number of ketones is 1. The monoisotopic (exact) mass is 2420 g/mol. The number of aliphatic hydroxyl groups is 2. The standard InChI is InChI=1S/C31H27N2O.C28H27N2.C21H20N.C20H14N.C11H8N.C11H20O2.C5H8NO.CH4.3Ir/c1-19(2)21-12-9-13-22(20(3)4)29(21)33-27-17-7-6-16-26(27)32-31(33)25-15-10-14-24-23-11-5-8-18-28(23)34-30(24)25;1-17-10-18(2)13-23(12-17)27-28(24-14-19(3)11-20(4)15-24)30-25(16-29-27)26-21(5)8-7-9-22(26)6;1-21(2,3)19-12-13-20(22-15-19)18-11-7-10-17(14-18)16-8-5-4-6-9-16;1-14-5-4-7-16(11-14)20-12-19-17(13-21-20)10-9-15-6-2-3-8-18(15)19;1-2-6-10(7-3-1)11-8-4-5-9-12-11;1-8(2)5-10(12)7-11(13)6-9(3)4;1-4(6)3-5(2)7;;;;/h5-14,16-20H,1-4H3;7-12,14-16H,1-6H3;4-10,12-15H,1-3H3;2-6,8-13H,1H3;1-6,8-9H;7-9,12H,5-6H2,1-4H3;3,7H,1-2H3;1H4;;;/q5*-1;;-1;;;;+3. The first kappa shape index (κ1) is 113. The number of rotatable bonds is 17. The first-order valence-corrected chi connectivity index (χ1v) is 47.7. The summed E-state index contributed by atoms with van der Waals surface area (Å²) < 4.78 is 8.73. The molecule has 0 saturated heterocycles. The van der Waals surface area contributed by atoms with Gasteiger partial charge >= 0.3 is 20.1 Å². The first-order valence-electron chi connectivity index (χ1n) is 47.7. The van der Waals surface area contributed by atoms with Gasteiger partial charge in [0.1, 0.15) is 5.58 Å². The number of pyridine rings is 3. The molecule has 6 heterocycles. The van der Waals surface area contributed by atoms with E-state index in [0.29, 0.717) is 36.5 Å². The van der Waals surface area contributed by atoms with E-state index in [0.717, 1.165) is 117 Å². The summed E-state index contributed by atoms with van der Waals surface area (Å²) in [5, 5.41) is 33.3. The summed E-state index contributed by atoms with van der Waals surface area (Å²) in [6, 6.07) is 117. The van der Waals surface area contributed by atoms with Gasteiger partial charge in [0, 0.05) is 106 Å².